The largest absolute Gasteiger partial charge is 0.481 e. The number of nitrogens with one attached hydrogen (secondary N) is 1. The fourth-order valence-electron chi connectivity index (χ4n) is 3.29. The van der Waals surface area contributed by atoms with E-state index in [1.54, 1.807) is 6.07 Å². The molecule has 0 bridgehead atoms. The maximum Gasteiger partial charge on any atom is 0.390 e. The molecule has 0 spiro atoms. The Kier molecular flexibility index (Phi) is 6.34. The third-order valence-electron chi connectivity index (χ3n) is 5.16. The molecule has 1 saturated carbocycles. The number of aliphatic carboxylic acids is 1. The second-order valence-corrected chi connectivity index (χ2v) is 8.33. The molecule has 1 aliphatic rings. The van der Waals surface area contributed by atoms with E-state index in [0.29, 0.717) is 23.4 Å². The Hall–Kier alpha value is -2.25. The molecule has 4 nitrogen and oxygen atoms in total. The van der Waals surface area contributed by atoms with Crippen LogP contribution in [-0.4, -0.2) is 23.2 Å². The number of anilines is 1. The van der Waals surface area contributed by atoms with Crippen LogP contribution in [0.15, 0.2) is 42.5 Å². The van der Waals surface area contributed by atoms with Crippen molar-refractivity contribution < 1.29 is 27.9 Å². The summed E-state index contributed by atoms with van der Waals surface area (Å²) in [5, 5.41) is 12.3. The van der Waals surface area contributed by atoms with E-state index in [1.807, 2.05) is 0 Å². The van der Waals surface area contributed by atoms with Gasteiger partial charge in [0.05, 0.1) is 28.5 Å². The van der Waals surface area contributed by atoms with Gasteiger partial charge in [-0.25, -0.2) is 0 Å². The summed E-state index contributed by atoms with van der Waals surface area (Å²) in [5.74, 6) is -3.25. The minimum atomic E-state index is -4.56. The van der Waals surface area contributed by atoms with E-state index in [-0.39, 0.29) is 22.7 Å². The molecule has 1 aliphatic carbocycles. The van der Waals surface area contributed by atoms with Gasteiger partial charge in [-0.05, 0) is 54.7 Å². The van der Waals surface area contributed by atoms with Crippen molar-refractivity contribution in [1.82, 2.24) is 0 Å². The fraction of sp³-hybridized carbons (Fsp3) is 0.333. The molecule has 0 aliphatic heterocycles. The number of carbonyl (C=O) groups is 2. The standard InChI is InChI=1S/C21H18Cl2F3NO3/c22-14-4-2-13(3-5-14)15(11-21(24,25)26)18(28)27-17-9-12(1-6-16(17)23)10-20(7-8-20)19(29)30/h1-6,9,15H,7-8,10-11H2,(H,27,28)(H,29,30)/t15-/m0/s1. The van der Waals surface area contributed by atoms with Gasteiger partial charge in [0.2, 0.25) is 5.91 Å². The van der Waals surface area contributed by atoms with Crippen LogP contribution in [0.1, 0.15) is 36.3 Å². The number of amides is 1. The summed E-state index contributed by atoms with van der Waals surface area (Å²) in [6, 6.07) is 10.2. The number of hydrogen-bond donors (Lipinski definition) is 2. The van der Waals surface area contributed by atoms with Crippen molar-refractivity contribution >= 4 is 40.8 Å². The monoisotopic (exact) mass is 459 g/mol. The average Bonchev–Trinajstić information content (AvgIpc) is 3.43. The van der Waals surface area contributed by atoms with E-state index in [9.17, 15) is 27.9 Å². The molecule has 0 unspecified atom stereocenters. The van der Waals surface area contributed by atoms with Crippen molar-refractivity contribution in [3.8, 4) is 0 Å². The maximum absolute atomic E-state index is 13.1. The second-order valence-electron chi connectivity index (χ2n) is 7.49. The van der Waals surface area contributed by atoms with Crippen molar-refractivity contribution in [3.63, 3.8) is 0 Å². The molecule has 1 amide bonds. The van der Waals surface area contributed by atoms with Gasteiger partial charge in [0.1, 0.15) is 0 Å². The molecule has 1 atom stereocenters. The first-order chi connectivity index (χ1) is 14.0. The SMILES string of the molecule is O=C(Nc1cc(CC2(C(=O)O)CC2)ccc1Cl)[C@@H](CC(F)(F)F)c1ccc(Cl)cc1. The van der Waals surface area contributed by atoms with Gasteiger partial charge in [-0.3, -0.25) is 9.59 Å². The van der Waals surface area contributed by atoms with E-state index >= 15 is 0 Å². The molecular formula is C21H18Cl2F3NO3. The summed E-state index contributed by atoms with van der Waals surface area (Å²) in [6.45, 7) is 0. The number of benzene rings is 2. The van der Waals surface area contributed by atoms with Crippen molar-refractivity contribution in [2.45, 2.75) is 37.8 Å². The highest BCUT2D eigenvalue weighted by Gasteiger charge is 2.50. The number of hydrogen-bond acceptors (Lipinski definition) is 2. The molecule has 2 aromatic rings. The van der Waals surface area contributed by atoms with Crippen LogP contribution in [0.4, 0.5) is 18.9 Å². The zero-order chi connectivity index (χ0) is 22.1. The third kappa shape index (κ3) is 5.46. The molecule has 160 valence electrons. The molecule has 9 heteroatoms. The quantitative estimate of drug-likeness (QED) is 0.527. The molecule has 2 aromatic carbocycles. The Morgan fingerprint density at radius 2 is 1.73 bits per heavy atom. The Morgan fingerprint density at radius 1 is 1.10 bits per heavy atom. The Bertz CT molecular complexity index is 957. The van der Waals surface area contributed by atoms with Crippen molar-refractivity contribution in [2.24, 2.45) is 5.41 Å². The smallest absolute Gasteiger partial charge is 0.390 e. The first-order valence-corrected chi connectivity index (χ1v) is 9.90. The van der Waals surface area contributed by atoms with Crippen molar-refractivity contribution in [1.29, 1.82) is 0 Å². The lowest BCUT2D eigenvalue weighted by molar-refractivity contribution is -0.146. The predicted octanol–water partition coefficient (Wildman–Crippen LogP) is 6.08. The predicted molar refractivity (Wildman–Crippen MR) is 108 cm³/mol. The normalized spacial score (nSPS) is 16.0. The molecule has 1 fully saturated rings. The average molecular weight is 460 g/mol. The van der Waals surface area contributed by atoms with Crippen LogP contribution < -0.4 is 5.32 Å². The van der Waals surface area contributed by atoms with Crippen LogP contribution in [0.5, 0.6) is 0 Å². The van der Waals surface area contributed by atoms with Gasteiger partial charge in [0.25, 0.3) is 0 Å². The summed E-state index contributed by atoms with van der Waals surface area (Å²) >= 11 is 11.9. The Balaban J connectivity index is 1.83. The number of rotatable bonds is 7. The zero-order valence-corrected chi connectivity index (χ0v) is 17.1. The summed E-state index contributed by atoms with van der Waals surface area (Å²) in [4.78, 5) is 24.2. The molecular weight excluding hydrogens is 442 g/mol. The summed E-state index contributed by atoms with van der Waals surface area (Å²) in [7, 11) is 0. The summed E-state index contributed by atoms with van der Waals surface area (Å²) in [5.41, 5.74) is 0.122. The minimum Gasteiger partial charge on any atom is -0.481 e. The number of alkyl halides is 3. The van der Waals surface area contributed by atoms with Crippen LogP contribution in [0, 0.1) is 5.41 Å². The highest BCUT2D eigenvalue weighted by Crippen LogP contribution is 2.49. The van der Waals surface area contributed by atoms with E-state index in [0.717, 1.165) is 0 Å². The maximum atomic E-state index is 13.1. The Labute approximate surface area is 181 Å². The second kappa shape index (κ2) is 8.47. The van der Waals surface area contributed by atoms with Crippen LogP contribution in [0.25, 0.3) is 0 Å². The van der Waals surface area contributed by atoms with E-state index in [1.165, 1.54) is 36.4 Å². The number of carboxylic acids is 1. The van der Waals surface area contributed by atoms with Crippen LogP contribution in [0.3, 0.4) is 0 Å². The minimum absolute atomic E-state index is 0.140. The zero-order valence-electron chi connectivity index (χ0n) is 15.6. The van der Waals surface area contributed by atoms with E-state index in [4.69, 9.17) is 23.2 Å². The van der Waals surface area contributed by atoms with Crippen molar-refractivity contribution in [3.05, 3.63) is 63.6 Å². The lowest BCUT2D eigenvalue weighted by Gasteiger charge is -2.20. The molecule has 0 heterocycles. The van der Waals surface area contributed by atoms with E-state index < -0.39 is 35.8 Å². The number of carboxylic acid groups (broad SMARTS) is 1. The molecule has 0 radical (unpaired) electrons. The highest BCUT2D eigenvalue weighted by atomic mass is 35.5. The van der Waals surface area contributed by atoms with E-state index in [2.05, 4.69) is 5.32 Å². The van der Waals surface area contributed by atoms with Crippen LogP contribution >= 0.6 is 23.2 Å². The number of carbonyl (C=O) groups excluding carboxylic acids is 1. The molecule has 0 aromatic heterocycles. The van der Waals surface area contributed by atoms with Gasteiger partial charge in [-0.2, -0.15) is 13.2 Å². The third-order valence-corrected chi connectivity index (χ3v) is 5.74. The highest BCUT2D eigenvalue weighted by molar-refractivity contribution is 6.33. The van der Waals surface area contributed by atoms with Crippen molar-refractivity contribution in [2.75, 3.05) is 5.32 Å². The van der Waals surface area contributed by atoms with Gasteiger partial charge >= 0.3 is 12.1 Å². The molecule has 2 N–H and O–H groups in total. The molecule has 30 heavy (non-hydrogen) atoms. The molecule has 0 saturated heterocycles. The van der Waals surface area contributed by atoms with Gasteiger partial charge in [0.15, 0.2) is 0 Å². The number of halogens is 5. The first-order valence-electron chi connectivity index (χ1n) is 9.14. The summed E-state index contributed by atoms with van der Waals surface area (Å²) < 4.78 is 39.3. The lowest BCUT2D eigenvalue weighted by Crippen LogP contribution is -2.26. The Morgan fingerprint density at radius 3 is 2.27 bits per heavy atom. The van der Waals surface area contributed by atoms with Gasteiger partial charge in [-0.1, -0.05) is 41.4 Å². The van der Waals surface area contributed by atoms with Gasteiger partial charge in [-0.15, -0.1) is 0 Å². The van der Waals surface area contributed by atoms with Gasteiger partial charge < -0.3 is 10.4 Å². The van der Waals surface area contributed by atoms with Gasteiger partial charge in [0, 0.05) is 5.02 Å². The van der Waals surface area contributed by atoms with Crippen LogP contribution in [-0.2, 0) is 16.0 Å². The fourth-order valence-corrected chi connectivity index (χ4v) is 3.59. The lowest BCUT2D eigenvalue weighted by atomic mass is 9.94. The topological polar surface area (TPSA) is 66.4 Å². The molecule has 3 rings (SSSR count). The first kappa shape index (κ1) is 22.4. The van der Waals surface area contributed by atoms with Crippen LogP contribution in [0.2, 0.25) is 10.0 Å². The summed E-state index contributed by atoms with van der Waals surface area (Å²) in [6.07, 6.45) is -4.55.